The average Bonchev–Trinajstić information content (AvgIpc) is 2.66. The first-order chi connectivity index (χ1) is 13.2. The Hall–Kier alpha value is -3.22. The fraction of sp³-hybridized carbons (Fsp3) is 0.286. The Kier molecular flexibility index (Phi) is 6.87. The summed E-state index contributed by atoms with van der Waals surface area (Å²) in [6.45, 7) is 2.73. The number of carboxylic acid groups (broad SMARTS) is 1. The molecule has 1 atom stereocenters. The predicted molar refractivity (Wildman–Crippen MR) is 102 cm³/mol. The molecule has 0 saturated heterocycles. The van der Waals surface area contributed by atoms with E-state index >= 15 is 0 Å². The molecule has 0 aromatic heterocycles. The number of nitrogens with zero attached hydrogens (tertiary/aromatic N) is 1. The minimum absolute atomic E-state index is 0.230. The van der Waals surface area contributed by atoms with Crippen LogP contribution in [0.3, 0.4) is 0 Å². The zero-order valence-electron chi connectivity index (χ0n) is 15.8. The van der Waals surface area contributed by atoms with Gasteiger partial charge in [0.15, 0.2) is 5.54 Å². The van der Waals surface area contributed by atoms with Crippen molar-refractivity contribution in [2.75, 3.05) is 13.1 Å². The van der Waals surface area contributed by atoms with Gasteiger partial charge in [-0.1, -0.05) is 42.5 Å². The second kappa shape index (κ2) is 9.12. The van der Waals surface area contributed by atoms with Gasteiger partial charge in [-0.3, -0.25) is 9.59 Å². The molecular formula is C21H23FN2O4. The number of benzene rings is 2. The van der Waals surface area contributed by atoms with Crippen molar-refractivity contribution >= 4 is 17.8 Å². The van der Waals surface area contributed by atoms with Gasteiger partial charge in [-0.2, -0.15) is 0 Å². The van der Waals surface area contributed by atoms with Gasteiger partial charge in [0.2, 0.25) is 11.8 Å². The molecule has 2 amide bonds. The molecule has 0 saturated carbocycles. The highest BCUT2D eigenvalue weighted by Crippen LogP contribution is 2.21. The van der Waals surface area contributed by atoms with E-state index in [0.29, 0.717) is 13.0 Å². The second-order valence-electron chi connectivity index (χ2n) is 6.66. The molecule has 2 rings (SSSR count). The molecule has 2 aromatic rings. The molecule has 0 aliphatic heterocycles. The van der Waals surface area contributed by atoms with E-state index in [1.54, 1.807) is 0 Å². The molecule has 1 unspecified atom stereocenters. The van der Waals surface area contributed by atoms with Gasteiger partial charge in [0, 0.05) is 13.5 Å². The smallest absolute Gasteiger partial charge is 0.333 e. The largest absolute Gasteiger partial charge is 0.479 e. The van der Waals surface area contributed by atoms with Crippen molar-refractivity contribution in [2.24, 2.45) is 0 Å². The highest BCUT2D eigenvalue weighted by Gasteiger charge is 2.37. The van der Waals surface area contributed by atoms with Crippen LogP contribution in [0.4, 0.5) is 4.39 Å². The van der Waals surface area contributed by atoms with Crippen LogP contribution in [0.15, 0.2) is 54.6 Å². The van der Waals surface area contributed by atoms with E-state index in [9.17, 15) is 23.9 Å². The number of hydrogen-bond acceptors (Lipinski definition) is 3. The Balaban J connectivity index is 2.08. The number of aliphatic carboxylic acids is 1. The zero-order valence-corrected chi connectivity index (χ0v) is 15.8. The first-order valence-corrected chi connectivity index (χ1v) is 8.82. The van der Waals surface area contributed by atoms with Gasteiger partial charge in [-0.25, -0.2) is 9.18 Å². The van der Waals surface area contributed by atoms with Gasteiger partial charge in [0.05, 0.1) is 6.54 Å². The average molecular weight is 386 g/mol. The lowest BCUT2D eigenvalue weighted by Crippen LogP contribution is -2.52. The van der Waals surface area contributed by atoms with Crippen LogP contribution in [0, 0.1) is 5.82 Å². The van der Waals surface area contributed by atoms with Crippen molar-refractivity contribution in [2.45, 2.75) is 25.8 Å². The minimum atomic E-state index is -1.74. The molecule has 2 N–H and O–H groups in total. The highest BCUT2D eigenvalue weighted by atomic mass is 19.1. The maximum absolute atomic E-state index is 13.1. The van der Waals surface area contributed by atoms with Crippen molar-refractivity contribution < 1.29 is 23.9 Å². The third kappa shape index (κ3) is 5.39. The Morgan fingerprint density at radius 1 is 1.07 bits per heavy atom. The molecule has 0 aliphatic carbocycles. The SMILES string of the molecule is CC(=O)N(CCc1ccccc1)CC(=O)NC(C)(C(=O)O)c1ccc(F)cc1. The zero-order chi connectivity index (χ0) is 20.7. The molecule has 6 nitrogen and oxygen atoms in total. The number of carbonyl (C=O) groups excluding carboxylic acids is 2. The van der Waals surface area contributed by atoms with Crippen LogP contribution in [0.25, 0.3) is 0 Å². The maximum atomic E-state index is 13.1. The van der Waals surface area contributed by atoms with Gasteiger partial charge in [0.25, 0.3) is 0 Å². The van der Waals surface area contributed by atoms with E-state index in [4.69, 9.17) is 0 Å². The molecule has 0 radical (unpaired) electrons. The lowest BCUT2D eigenvalue weighted by molar-refractivity contribution is -0.147. The van der Waals surface area contributed by atoms with Crippen LogP contribution in [-0.4, -0.2) is 40.9 Å². The number of rotatable bonds is 8. The minimum Gasteiger partial charge on any atom is -0.479 e. The Labute approximate surface area is 163 Å². The summed E-state index contributed by atoms with van der Waals surface area (Å²) in [5, 5.41) is 12.1. The van der Waals surface area contributed by atoms with E-state index in [1.807, 2.05) is 30.3 Å². The van der Waals surface area contributed by atoms with E-state index < -0.39 is 23.2 Å². The van der Waals surface area contributed by atoms with Gasteiger partial charge in [-0.15, -0.1) is 0 Å². The lowest BCUT2D eigenvalue weighted by atomic mass is 9.92. The van der Waals surface area contributed by atoms with E-state index in [1.165, 1.54) is 30.9 Å². The van der Waals surface area contributed by atoms with Gasteiger partial charge >= 0.3 is 5.97 Å². The molecule has 0 aliphatic rings. The molecule has 148 valence electrons. The van der Waals surface area contributed by atoms with E-state index in [2.05, 4.69) is 5.32 Å². The first-order valence-electron chi connectivity index (χ1n) is 8.82. The van der Waals surface area contributed by atoms with Crippen LogP contribution in [0.1, 0.15) is 25.0 Å². The Bertz CT molecular complexity index is 839. The number of amides is 2. The number of hydrogen-bond donors (Lipinski definition) is 2. The first kappa shape index (κ1) is 21.1. The van der Waals surface area contributed by atoms with Crippen molar-refractivity contribution in [1.29, 1.82) is 0 Å². The van der Waals surface area contributed by atoms with Gasteiger partial charge in [0.1, 0.15) is 5.82 Å². The highest BCUT2D eigenvalue weighted by molar-refractivity contribution is 5.90. The van der Waals surface area contributed by atoms with E-state index in [0.717, 1.165) is 17.7 Å². The fourth-order valence-electron chi connectivity index (χ4n) is 2.78. The molecule has 28 heavy (non-hydrogen) atoms. The summed E-state index contributed by atoms with van der Waals surface area (Å²) < 4.78 is 13.1. The molecule has 0 fully saturated rings. The monoisotopic (exact) mass is 386 g/mol. The summed E-state index contributed by atoms with van der Waals surface area (Å²) in [4.78, 5) is 37.5. The molecule has 0 heterocycles. The third-order valence-electron chi connectivity index (χ3n) is 4.53. The van der Waals surface area contributed by atoms with Crippen molar-refractivity contribution in [3.8, 4) is 0 Å². The summed E-state index contributed by atoms with van der Waals surface area (Å²) in [7, 11) is 0. The topological polar surface area (TPSA) is 86.7 Å². The fourth-order valence-corrected chi connectivity index (χ4v) is 2.78. The van der Waals surface area contributed by atoms with Crippen LogP contribution in [0.5, 0.6) is 0 Å². The normalized spacial score (nSPS) is 12.7. The number of carboxylic acids is 1. The maximum Gasteiger partial charge on any atom is 0.333 e. The molecular weight excluding hydrogens is 363 g/mol. The van der Waals surface area contributed by atoms with E-state index in [-0.39, 0.29) is 18.0 Å². The van der Waals surface area contributed by atoms with Crippen LogP contribution < -0.4 is 5.32 Å². The van der Waals surface area contributed by atoms with Gasteiger partial charge in [-0.05, 0) is 36.6 Å². The van der Waals surface area contributed by atoms with Crippen LogP contribution in [-0.2, 0) is 26.3 Å². The molecule has 0 spiro atoms. The Morgan fingerprint density at radius 2 is 1.68 bits per heavy atom. The number of carbonyl (C=O) groups is 3. The van der Waals surface area contributed by atoms with Crippen LogP contribution in [0.2, 0.25) is 0 Å². The summed E-state index contributed by atoms with van der Waals surface area (Å²) in [5.41, 5.74) is -0.489. The summed E-state index contributed by atoms with van der Waals surface area (Å²) in [6.07, 6.45) is 0.571. The van der Waals surface area contributed by atoms with Crippen molar-refractivity contribution in [1.82, 2.24) is 10.2 Å². The number of halogens is 1. The van der Waals surface area contributed by atoms with Crippen molar-refractivity contribution in [3.63, 3.8) is 0 Å². The number of nitrogens with one attached hydrogen (secondary N) is 1. The summed E-state index contributed by atoms with van der Waals surface area (Å²) >= 11 is 0. The van der Waals surface area contributed by atoms with Crippen LogP contribution >= 0.6 is 0 Å². The van der Waals surface area contributed by atoms with Gasteiger partial charge < -0.3 is 15.3 Å². The molecule has 0 bridgehead atoms. The Morgan fingerprint density at radius 3 is 2.21 bits per heavy atom. The summed E-state index contributed by atoms with van der Waals surface area (Å²) in [5.74, 6) is -2.69. The summed E-state index contributed by atoms with van der Waals surface area (Å²) in [6, 6.07) is 14.4. The standard InChI is InChI=1S/C21H23FN2O4/c1-15(25)24(13-12-16-6-4-3-5-7-16)14-19(26)23-21(2,20(27)28)17-8-10-18(22)11-9-17/h3-11H,12-14H2,1-2H3,(H,23,26)(H,27,28). The van der Waals surface area contributed by atoms with Crippen molar-refractivity contribution in [3.05, 3.63) is 71.5 Å². The second-order valence-corrected chi connectivity index (χ2v) is 6.66. The molecule has 7 heteroatoms. The lowest BCUT2D eigenvalue weighted by Gasteiger charge is -2.28. The molecule has 2 aromatic carbocycles. The third-order valence-corrected chi connectivity index (χ3v) is 4.53. The quantitative estimate of drug-likeness (QED) is 0.729. The predicted octanol–water partition coefficient (Wildman–Crippen LogP) is 2.33.